The quantitative estimate of drug-likeness (QED) is 0.414. The Morgan fingerprint density at radius 3 is 2.59 bits per heavy atom. The minimum Gasteiger partial charge on any atom is -0.316 e. The number of aromatic nitrogens is 3. The summed E-state index contributed by atoms with van der Waals surface area (Å²) in [5.74, 6) is 0.290. The smallest absolute Gasteiger partial charge is 0.271 e. The minimum absolute atomic E-state index is 0.231. The lowest BCUT2D eigenvalue weighted by Gasteiger charge is -2.05. The lowest BCUT2D eigenvalue weighted by Crippen LogP contribution is -2.11. The highest BCUT2D eigenvalue weighted by atomic mass is 32.2. The number of sulfonamides is 1. The molecule has 29 heavy (non-hydrogen) atoms. The molecule has 0 atom stereocenters. The zero-order valence-electron chi connectivity index (χ0n) is 14.7. The van der Waals surface area contributed by atoms with Crippen molar-refractivity contribution < 1.29 is 16.8 Å². The first-order chi connectivity index (χ1) is 13.7. The molecule has 0 amide bonds. The number of benzene rings is 1. The van der Waals surface area contributed by atoms with Gasteiger partial charge in [0.15, 0.2) is 5.13 Å². The highest BCUT2D eigenvalue weighted by Gasteiger charge is 2.16. The van der Waals surface area contributed by atoms with Crippen LogP contribution in [0.2, 0.25) is 0 Å². The van der Waals surface area contributed by atoms with E-state index in [1.165, 1.54) is 29.7 Å². The molecule has 0 bridgehead atoms. The third kappa shape index (κ3) is 4.37. The van der Waals surface area contributed by atoms with Crippen LogP contribution in [0.15, 0.2) is 57.3 Å². The average Bonchev–Trinajstić information content (AvgIpc) is 3.30. The van der Waals surface area contributed by atoms with E-state index in [1.807, 2.05) is 0 Å². The fourth-order valence-electron chi connectivity index (χ4n) is 2.36. The molecule has 150 valence electrons. The van der Waals surface area contributed by atoms with Crippen molar-refractivity contribution in [1.82, 2.24) is 15.0 Å². The Balaban J connectivity index is 1.59. The molecule has 0 aliphatic heterocycles. The molecule has 0 spiro atoms. The number of nitrogens with one attached hydrogen (secondary N) is 2. The van der Waals surface area contributed by atoms with Crippen molar-refractivity contribution in [2.75, 3.05) is 16.3 Å². The summed E-state index contributed by atoms with van der Waals surface area (Å²) in [6.45, 7) is 0. The van der Waals surface area contributed by atoms with Crippen molar-refractivity contribution in [1.29, 1.82) is 0 Å². The first kappa shape index (κ1) is 19.7. The minimum atomic E-state index is -3.64. The van der Waals surface area contributed by atoms with Gasteiger partial charge in [-0.15, -0.1) is 11.3 Å². The van der Waals surface area contributed by atoms with Gasteiger partial charge in [-0.05, 0) is 35.7 Å². The maximum atomic E-state index is 12.4. The fourth-order valence-corrected chi connectivity index (χ4v) is 5.83. The van der Waals surface area contributed by atoms with Crippen LogP contribution in [-0.2, 0) is 19.9 Å². The molecule has 4 aromatic rings. The largest absolute Gasteiger partial charge is 0.316 e. The first-order valence-corrected chi connectivity index (χ1v) is 13.0. The van der Waals surface area contributed by atoms with E-state index >= 15 is 0 Å². The van der Waals surface area contributed by atoms with Crippen LogP contribution in [0.25, 0.3) is 10.2 Å². The molecule has 0 radical (unpaired) electrons. The summed E-state index contributed by atoms with van der Waals surface area (Å²) in [5.41, 5.74) is 1.08. The van der Waals surface area contributed by atoms with Gasteiger partial charge < -0.3 is 5.32 Å². The lowest BCUT2D eigenvalue weighted by molar-refractivity contribution is 0.593. The van der Waals surface area contributed by atoms with E-state index in [1.54, 1.807) is 29.6 Å². The highest BCUT2D eigenvalue weighted by Crippen LogP contribution is 2.31. The Hall–Kier alpha value is -2.61. The third-order valence-electron chi connectivity index (χ3n) is 3.60. The van der Waals surface area contributed by atoms with Gasteiger partial charge in [0.25, 0.3) is 10.0 Å². The van der Waals surface area contributed by atoms with E-state index < -0.39 is 19.9 Å². The average molecular weight is 468 g/mol. The van der Waals surface area contributed by atoms with Gasteiger partial charge in [-0.25, -0.2) is 31.8 Å². The summed E-state index contributed by atoms with van der Waals surface area (Å²) in [5, 5.41) is 4.85. The van der Waals surface area contributed by atoms with Crippen LogP contribution in [-0.4, -0.2) is 38.0 Å². The van der Waals surface area contributed by atoms with Gasteiger partial charge in [-0.2, -0.15) is 0 Å². The van der Waals surface area contributed by atoms with E-state index in [-0.39, 0.29) is 15.2 Å². The number of thiazole rings is 1. The van der Waals surface area contributed by atoms with E-state index in [2.05, 4.69) is 25.0 Å². The number of sulfone groups is 1. The number of hydrogen-bond donors (Lipinski definition) is 2. The molecular weight excluding hydrogens is 454 g/mol. The normalized spacial score (nSPS) is 12.2. The SMILES string of the molecule is CS(=O)(=O)c1nccc(Nc2nc3ccc(NS(=O)(=O)c4cccs4)cc3s2)n1. The molecule has 3 heterocycles. The van der Waals surface area contributed by atoms with Gasteiger partial charge in [0.1, 0.15) is 10.0 Å². The zero-order valence-corrected chi connectivity index (χ0v) is 18.0. The molecule has 9 nitrogen and oxygen atoms in total. The van der Waals surface area contributed by atoms with Crippen LogP contribution in [0.3, 0.4) is 0 Å². The Kier molecular flexibility index (Phi) is 4.98. The molecule has 2 N–H and O–H groups in total. The monoisotopic (exact) mass is 467 g/mol. The van der Waals surface area contributed by atoms with E-state index in [0.717, 1.165) is 22.3 Å². The number of rotatable bonds is 6. The van der Waals surface area contributed by atoms with Gasteiger partial charge in [-0.3, -0.25) is 4.72 Å². The molecule has 0 unspecified atom stereocenters. The van der Waals surface area contributed by atoms with Gasteiger partial charge in [-0.1, -0.05) is 17.4 Å². The molecule has 0 saturated carbocycles. The maximum Gasteiger partial charge on any atom is 0.271 e. The predicted octanol–water partition coefficient (Wildman–Crippen LogP) is 3.10. The lowest BCUT2D eigenvalue weighted by atomic mass is 10.3. The van der Waals surface area contributed by atoms with Gasteiger partial charge >= 0.3 is 0 Å². The third-order valence-corrected chi connectivity index (χ3v) is 8.17. The van der Waals surface area contributed by atoms with Crippen molar-refractivity contribution in [2.45, 2.75) is 9.37 Å². The predicted molar refractivity (Wildman–Crippen MR) is 113 cm³/mol. The summed E-state index contributed by atoms with van der Waals surface area (Å²) in [6, 6.07) is 9.75. The summed E-state index contributed by atoms with van der Waals surface area (Å²) in [7, 11) is -7.16. The number of hydrogen-bond acceptors (Lipinski definition) is 10. The molecule has 0 saturated heterocycles. The second-order valence-electron chi connectivity index (χ2n) is 5.86. The molecular formula is C16H13N5O4S4. The summed E-state index contributed by atoms with van der Waals surface area (Å²) < 4.78 is 51.5. The van der Waals surface area contributed by atoms with Crippen LogP contribution < -0.4 is 10.0 Å². The zero-order chi connectivity index (χ0) is 20.6. The number of thiophene rings is 1. The topological polar surface area (TPSA) is 131 Å². The van der Waals surface area contributed by atoms with Crippen molar-refractivity contribution in [3.05, 3.63) is 48.0 Å². The highest BCUT2D eigenvalue weighted by molar-refractivity contribution is 7.94. The summed E-state index contributed by atoms with van der Waals surface area (Å²) in [4.78, 5) is 12.1. The van der Waals surface area contributed by atoms with E-state index in [0.29, 0.717) is 16.3 Å². The van der Waals surface area contributed by atoms with Crippen molar-refractivity contribution in [3.8, 4) is 0 Å². The van der Waals surface area contributed by atoms with Crippen molar-refractivity contribution in [2.24, 2.45) is 0 Å². The Labute approximate surface area is 174 Å². The van der Waals surface area contributed by atoms with Crippen LogP contribution in [0.1, 0.15) is 0 Å². The Bertz CT molecular complexity index is 1400. The Morgan fingerprint density at radius 2 is 1.86 bits per heavy atom. The van der Waals surface area contributed by atoms with E-state index in [9.17, 15) is 16.8 Å². The fraction of sp³-hybridized carbons (Fsp3) is 0.0625. The molecule has 0 aliphatic rings. The van der Waals surface area contributed by atoms with E-state index in [4.69, 9.17) is 0 Å². The summed E-state index contributed by atoms with van der Waals surface area (Å²) in [6.07, 6.45) is 2.37. The summed E-state index contributed by atoms with van der Waals surface area (Å²) >= 11 is 2.41. The van der Waals surface area contributed by atoms with Gasteiger partial charge in [0, 0.05) is 12.5 Å². The molecule has 13 heteroatoms. The Morgan fingerprint density at radius 1 is 1.03 bits per heavy atom. The van der Waals surface area contributed by atoms with Crippen LogP contribution in [0.5, 0.6) is 0 Å². The molecule has 0 fully saturated rings. The standard InChI is InChI=1S/C16H13N5O4S4/c1-28(22,23)16-17-7-6-13(20-16)19-15-18-11-5-4-10(9-12(11)27-15)21-29(24,25)14-3-2-8-26-14/h2-9,21H,1H3,(H,17,18,19,20). The van der Waals surface area contributed by atoms with Gasteiger partial charge in [0.05, 0.1) is 15.9 Å². The van der Waals surface area contributed by atoms with Crippen molar-refractivity contribution in [3.63, 3.8) is 0 Å². The number of nitrogens with zero attached hydrogens (tertiary/aromatic N) is 3. The molecule has 1 aromatic carbocycles. The second kappa shape index (κ2) is 7.33. The number of fused-ring (bicyclic) bond motifs is 1. The van der Waals surface area contributed by atoms with Crippen LogP contribution in [0, 0.1) is 0 Å². The number of anilines is 3. The molecule has 0 aliphatic carbocycles. The molecule has 4 rings (SSSR count). The maximum absolute atomic E-state index is 12.4. The van der Waals surface area contributed by atoms with Crippen molar-refractivity contribution >= 4 is 69.4 Å². The first-order valence-electron chi connectivity index (χ1n) is 7.98. The van der Waals surface area contributed by atoms with Crippen LogP contribution >= 0.6 is 22.7 Å². The second-order valence-corrected chi connectivity index (χ2v) is 11.7. The van der Waals surface area contributed by atoms with Gasteiger partial charge in [0.2, 0.25) is 15.0 Å². The van der Waals surface area contributed by atoms with Crippen LogP contribution in [0.4, 0.5) is 16.6 Å². The molecule has 3 aromatic heterocycles.